The van der Waals surface area contributed by atoms with Crippen LogP contribution in [-0.2, 0) is 14.4 Å². The van der Waals surface area contributed by atoms with Gasteiger partial charge < -0.3 is 15.3 Å². The lowest BCUT2D eigenvalue weighted by molar-refractivity contribution is -0.149. The van der Waals surface area contributed by atoms with Crippen LogP contribution in [0.25, 0.3) is 0 Å². The molecule has 0 rings (SSSR count). The highest BCUT2D eigenvalue weighted by atomic mass is 16.4. The predicted octanol–water partition coefficient (Wildman–Crippen LogP) is -1.16. The van der Waals surface area contributed by atoms with Crippen molar-refractivity contribution in [2.24, 2.45) is 5.92 Å². The Kier molecular flexibility index (Phi) is 9.06. The van der Waals surface area contributed by atoms with Gasteiger partial charge >= 0.3 is 5.97 Å². The smallest absolute Gasteiger partial charge is 0.321 e. The van der Waals surface area contributed by atoms with E-state index in [9.17, 15) is 14.4 Å². The van der Waals surface area contributed by atoms with E-state index in [1.165, 1.54) is 0 Å². The molecule has 14 heavy (non-hydrogen) atoms. The van der Waals surface area contributed by atoms with Crippen molar-refractivity contribution in [3.8, 4) is 0 Å². The van der Waals surface area contributed by atoms with Crippen LogP contribution in [-0.4, -0.2) is 46.1 Å². The third kappa shape index (κ3) is 7.38. The van der Waals surface area contributed by atoms with Gasteiger partial charge in [0, 0.05) is 0 Å². The maximum atomic E-state index is 10.4. The van der Waals surface area contributed by atoms with Crippen molar-refractivity contribution in [1.29, 1.82) is 0 Å². The molecule has 6 nitrogen and oxygen atoms in total. The Labute approximate surface area is 81.2 Å². The molecular formula is C8H14O6. The molecule has 0 spiro atoms. The predicted molar refractivity (Wildman–Crippen MR) is 46.7 cm³/mol. The zero-order valence-electron chi connectivity index (χ0n) is 8.06. The molecule has 0 atom stereocenters. The van der Waals surface area contributed by atoms with Gasteiger partial charge in [0.15, 0.2) is 17.5 Å². The van der Waals surface area contributed by atoms with Gasteiger partial charge in [0.05, 0.1) is 13.2 Å². The molecule has 0 aromatic carbocycles. The summed E-state index contributed by atoms with van der Waals surface area (Å²) in [5.41, 5.74) is 0. The van der Waals surface area contributed by atoms with Crippen molar-refractivity contribution < 1.29 is 29.7 Å². The van der Waals surface area contributed by atoms with Gasteiger partial charge in [-0.1, -0.05) is 0 Å². The van der Waals surface area contributed by atoms with Crippen LogP contribution in [0.15, 0.2) is 0 Å². The first kappa shape index (κ1) is 15.2. The van der Waals surface area contributed by atoms with Crippen LogP contribution in [0.2, 0.25) is 0 Å². The Morgan fingerprint density at radius 1 is 1.00 bits per heavy atom. The molecule has 0 heterocycles. The van der Waals surface area contributed by atoms with Crippen LogP contribution in [0, 0.1) is 5.92 Å². The van der Waals surface area contributed by atoms with Gasteiger partial charge in [-0.2, -0.15) is 0 Å². The third-order valence-electron chi connectivity index (χ3n) is 1.16. The van der Waals surface area contributed by atoms with Crippen molar-refractivity contribution in [3.63, 3.8) is 0 Å². The monoisotopic (exact) mass is 206 g/mol. The Balaban J connectivity index is 0. The molecule has 0 unspecified atom stereocenters. The highest BCUT2D eigenvalue weighted by molar-refractivity contribution is 6.15. The minimum atomic E-state index is -1.47. The Hall–Kier alpha value is -1.27. The Morgan fingerprint density at radius 2 is 1.29 bits per heavy atom. The number of hydrogen-bond acceptors (Lipinski definition) is 5. The highest BCUT2D eigenvalue weighted by Gasteiger charge is 2.26. The fourth-order valence-electron chi connectivity index (χ4n) is 0.634. The number of carboxylic acids is 1. The molecule has 0 aliphatic rings. The maximum Gasteiger partial charge on any atom is 0.321 e. The molecule has 0 saturated carbocycles. The number of rotatable bonds is 4. The second-order valence-electron chi connectivity index (χ2n) is 2.44. The van der Waals surface area contributed by atoms with Gasteiger partial charge in [-0.25, -0.2) is 0 Å². The molecule has 0 aliphatic carbocycles. The summed E-state index contributed by atoms with van der Waals surface area (Å²) < 4.78 is 0. The summed E-state index contributed by atoms with van der Waals surface area (Å²) in [7, 11) is 0. The SMILES string of the molecule is CC(=O)C(C(C)=O)C(=O)O.OCCO. The number of carboxylic acid groups (broad SMARTS) is 1. The first-order valence-corrected chi connectivity index (χ1v) is 3.83. The second-order valence-corrected chi connectivity index (χ2v) is 2.44. The van der Waals surface area contributed by atoms with Crippen LogP contribution in [0.1, 0.15) is 13.8 Å². The van der Waals surface area contributed by atoms with E-state index in [-0.39, 0.29) is 13.2 Å². The van der Waals surface area contributed by atoms with Crippen LogP contribution in [0.5, 0.6) is 0 Å². The number of carbonyl (C=O) groups excluding carboxylic acids is 2. The van der Waals surface area contributed by atoms with E-state index in [2.05, 4.69) is 0 Å². The largest absolute Gasteiger partial charge is 0.480 e. The molecule has 0 bridgehead atoms. The summed E-state index contributed by atoms with van der Waals surface area (Å²) in [6, 6.07) is 0. The van der Waals surface area contributed by atoms with Gasteiger partial charge in [-0.15, -0.1) is 0 Å². The summed E-state index contributed by atoms with van der Waals surface area (Å²) in [5.74, 6) is -4.10. The van der Waals surface area contributed by atoms with Crippen molar-refractivity contribution in [1.82, 2.24) is 0 Å². The van der Waals surface area contributed by atoms with Crippen molar-refractivity contribution in [2.75, 3.05) is 13.2 Å². The minimum Gasteiger partial charge on any atom is -0.480 e. The summed E-state index contributed by atoms with van der Waals surface area (Å²) in [6.45, 7) is 1.92. The van der Waals surface area contributed by atoms with Crippen LogP contribution >= 0.6 is 0 Å². The van der Waals surface area contributed by atoms with Gasteiger partial charge in [0.2, 0.25) is 0 Å². The topological polar surface area (TPSA) is 112 Å². The van der Waals surface area contributed by atoms with Crippen molar-refractivity contribution in [2.45, 2.75) is 13.8 Å². The number of aliphatic carboxylic acids is 1. The number of hydrogen-bond donors (Lipinski definition) is 3. The van der Waals surface area contributed by atoms with Crippen LogP contribution in [0.3, 0.4) is 0 Å². The van der Waals surface area contributed by atoms with Crippen molar-refractivity contribution in [3.05, 3.63) is 0 Å². The lowest BCUT2D eigenvalue weighted by atomic mass is 10.0. The van der Waals surface area contributed by atoms with E-state index >= 15 is 0 Å². The fraction of sp³-hybridized carbons (Fsp3) is 0.625. The van der Waals surface area contributed by atoms with Gasteiger partial charge in [-0.05, 0) is 13.8 Å². The molecule has 0 radical (unpaired) electrons. The molecule has 82 valence electrons. The molecule has 6 heteroatoms. The zero-order valence-corrected chi connectivity index (χ0v) is 8.06. The van der Waals surface area contributed by atoms with Crippen LogP contribution in [0.4, 0.5) is 0 Å². The van der Waals surface area contributed by atoms with E-state index in [0.717, 1.165) is 13.8 Å². The molecule has 0 fully saturated rings. The summed E-state index contributed by atoms with van der Waals surface area (Å²) in [5, 5.41) is 23.5. The number of aliphatic hydroxyl groups is 2. The highest BCUT2D eigenvalue weighted by Crippen LogP contribution is 1.99. The quantitative estimate of drug-likeness (QED) is 0.500. The molecule has 0 aromatic heterocycles. The van der Waals surface area contributed by atoms with E-state index in [1.807, 2.05) is 0 Å². The van der Waals surface area contributed by atoms with E-state index in [1.54, 1.807) is 0 Å². The summed E-state index contributed by atoms with van der Waals surface area (Å²) in [6.07, 6.45) is 0. The van der Waals surface area contributed by atoms with Gasteiger partial charge in [0.1, 0.15) is 0 Å². The molecule has 0 amide bonds. The van der Waals surface area contributed by atoms with E-state index < -0.39 is 23.5 Å². The lowest BCUT2D eigenvalue weighted by Crippen LogP contribution is -2.27. The summed E-state index contributed by atoms with van der Waals surface area (Å²) in [4.78, 5) is 31.0. The average Bonchev–Trinajstić information content (AvgIpc) is 2.02. The standard InChI is InChI=1S/C6H8O4.C2H6O2/c1-3(7)5(4(2)8)6(9)10;3-1-2-4/h5H,1-2H3,(H,9,10);3-4H,1-2H2. The van der Waals surface area contributed by atoms with Gasteiger partial charge in [-0.3, -0.25) is 14.4 Å². The zero-order chi connectivity index (χ0) is 11.7. The van der Waals surface area contributed by atoms with Gasteiger partial charge in [0.25, 0.3) is 0 Å². The van der Waals surface area contributed by atoms with E-state index in [4.69, 9.17) is 15.3 Å². The molecule has 0 aliphatic heterocycles. The molecular weight excluding hydrogens is 192 g/mol. The van der Waals surface area contributed by atoms with Crippen molar-refractivity contribution >= 4 is 17.5 Å². The third-order valence-corrected chi connectivity index (χ3v) is 1.16. The van der Waals surface area contributed by atoms with Crippen LogP contribution < -0.4 is 0 Å². The number of ketones is 2. The molecule has 3 N–H and O–H groups in total. The second kappa shape index (κ2) is 8.33. The lowest BCUT2D eigenvalue weighted by Gasteiger charge is -2.01. The normalized spacial score (nSPS) is 8.93. The number of carbonyl (C=O) groups is 3. The Morgan fingerprint density at radius 3 is 1.29 bits per heavy atom. The first-order chi connectivity index (χ1) is 6.38. The Bertz CT molecular complexity index is 175. The number of aliphatic hydroxyl groups excluding tert-OH is 2. The fourth-order valence-corrected chi connectivity index (χ4v) is 0.634. The molecule has 0 saturated heterocycles. The molecule has 0 aromatic rings. The maximum absolute atomic E-state index is 10.4. The number of Topliss-reactive ketones (excluding diaryl/α,β-unsaturated/α-hetero) is 2. The first-order valence-electron chi connectivity index (χ1n) is 3.83. The summed E-state index contributed by atoms with van der Waals surface area (Å²) >= 11 is 0. The van der Waals surface area contributed by atoms with E-state index in [0.29, 0.717) is 0 Å². The average molecular weight is 206 g/mol. The minimum absolute atomic E-state index is 0.125.